The van der Waals surface area contributed by atoms with Crippen molar-refractivity contribution in [1.82, 2.24) is 4.98 Å². The highest BCUT2D eigenvalue weighted by Gasteiger charge is 2.04. The standard InChI is InChI=1S/C10H11BrN2O/c1-2-3-4-14-10-8(6-12)5-9(11)7-13-10/h5,7H,2-4H2,1H3. The Morgan fingerprint density at radius 3 is 3.07 bits per heavy atom. The molecule has 0 radical (unpaired) electrons. The molecule has 0 bridgehead atoms. The molecule has 0 aliphatic carbocycles. The molecule has 0 spiro atoms. The molecule has 0 N–H and O–H groups in total. The summed E-state index contributed by atoms with van der Waals surface area (Å²) in [5.41, 5.74) is 0.468. The summed E-state index contributed by atoms with van der Waals surface area (Å²) >= 11 is 3.25. The van der Waals surface area contributed by atoms with Crippen molar-refractivity contribution >= 4 is 15.9 Å². The highest BCUT2D eigenvalue weighted by atomic mass is 79.9. The van der Waals surface area contributed by atoms with E-state index in [1.54, 1.807) is 12.3 Å². The van der Waals surface area contributed by atoms with E-state index in [1.807, 2.05) is 6.07 Å². The van der Waals surface area contributed by atoms with E-state index >= 15 is 0 Å². The molecule has 1 rings (SSSR count). The van der Waals surface area contributed by atoms with Crippen molar-refractivity contribution in [2.45, 2.75) is 19.8 Å². The lowest BCUT2D eigenvalue weighted by Crippen LogP contribution is -2.00. The van der Waals surface area contributed by atoms with Crippen molar-refractivity contribution in [2.24, 2.45) is 0 Å². The Bertz CT molecular complexity index is 346. The molecule has 0 unspecified atom stereocenters. The van der Waals surface area contributed by atoms with Crippen LogP contribution in [0.3, 0.4) is 0 Å². The number of aromatic nitrogens is 1. The quantitative estimate of drug-likeness (QED) is 0.777. The second-order valence-corrected chi connectivity index (χ2v) is 3.74. The number of halogens is 1. The Morgan fingerprint density at radius 1 is 1.64 bits per heavy atom. The van der Waals surface area contributed by atoms with Crippen molar-refractivity contribution in [3.63, 3.8) is 0 Å². The molecule has 0 aliphatic rings. The van der Waals surface area contributed by atoms with Crippen LogP contribution >= 0.6 is 15.9 Å². The molecule has 4 heteroatoms. The molecule has 1 aromatic heterocycles. The number of rotatable bonds is 4. The van der Waals surface area contributed by atoms with Gasteiger partial charge in [-0.05, 0) is 28.4 Å². The number of hydrogen-bond acceptors (Lipinski definition) is 3. The molecule has 0 amide bonds. The molecule has 1 aromatic rings. The number of pyridine rings is 1. The van der Waals surface area contributed by atoms with Crippen LogP contribution in [0.15, 0.2) is 16.7 Å². The Hall–Kier alpha value is -1.08. The minimum absolute atomic E-state index is 0.421. The van der Waals surface area contributed by atoms with Gasteiger partial charge >= 0.3 is 0 Å². The zero-order valence-corrected chi connectivity index (χ0v) is 9.54. The van der Waals surface area contributed by atoms with Crippen LogP contribution in [0.1, 0.15) is 25.3 Å². The molecular formula is C10H11BrN2O. The molecular weight excluding hydrogens is 244 g/mol. The van der Waals surface area contributed by atoms with E-state index in [0.29, 0.717) is 18.1 Å². The highest BCUT2D eigenvalue weighted by molar-refractivity contribution is 9.10. The third-order valence-corrected chi connectivity index (χ3v) is 2.11. The second-order valence-electron chi connectivity index (χ2n) is 2.82. The molecule has 0 fully saturated rings. The van der Waals surface area contributed by atoms with Gasteiger partial charge in [-0.1, -0.05) is 13.3 Å². The van der Waals surface area contributed by atoms with Gasteiger partial charge in [0.2, 0.25) is 5.88 Å². The number of ether oxygens (including phenoxy) is 1. The number of nitrogens with zero attached hydrogens (tertiary/aromatic N) is 2. The molecule has 74 valence electrons. The molecule has 1 heterocycles. The van der Waals surface area contributed by atoms with E-state index in [-0.39, 0.29) is 0 Å². The number of hydrogen-bond donors (Lipinski definition) is 0. The normalized spacial score (nSPS) is 9.50. The molecule has 0 aromatic carbocycles. The van der Waals surface area contributed by atoms with Crippen LogP contribution in [0.25, 0.3) is 0 Å². The van der Waals surface area contributed by atoms with Crippen LogP contribution in [0, 0.1) is 11.3 Å². The summed E-state index contributed by atoms with van der Waals surface area (Å²) in [6.45, 7) is 2.70. The first-order chi connectivity index (χ1) is 6.77. The van der Waals surface area contributed by atoms with Crippen LogP contribution < -0.4 is 4.74 Å². The van der Waals surface area contributed by atoms with E-state index in [4.69, 9.17) is 10.00 Å². The smallest absolute Gasteiger partial charge is 0.231 e. The first-order valence-corrected chi connectivity index (χ1v) is 5.25. The molecule has 0 atom stereocenters. The Morgan fingerprint density at radius 2 is 2.43 bits per heavy atom. The first kappa shape index (κ1) is 11.0. The van der Waals surface area contributed by atoms with E-state index in [1.165, 1.54) is 0 Å². The van der Waals surface area contributed by atoms with Gasteiger partial charge in [-0.3, -0.25) is 0 Å². The minimum atomic E-state index is 0.421. The van der Waals surface area contributed by atoms with Crippen molar-refractivity contribution in [2.75, 3.05) is 6.61 Å². The van der Waals surface area contributed by atoms with Gasteiger partial charge in [0.05, 0.1) is 6.61 Å². The predicted octanol–water partition coefficient (Wildman–Crippen LogP) is 2.89. The maximum Gasteiger partial charge on any atom is 0.231 e. The Balaban J connectivity index is 2.72. The fraction of sp³-hybridized carbons (Fsp3) is 0.400. The van der Waals surface area contributed by atoms with E-state index < -0.39 is 0 Å². The van der Waals surface area contributed by atoms with Gasteiger partial charge in [0, 0.05) is 10.7 Å². The number of unbranched alkanes of at least 4 members (excludes halogenated alkanes) is 1. The van der Waals surface area contributed by atoms with E-state index in [2.05, 4.69) is 27.8 Å². The van der Waals surface area contributed by atoms with Crippen LogP contribution in [0.5, 0.6) is 5.88 Å². The lowest BCUT2D eigenvalue weighted by molar-refractivity contribution is 0.297. The second kappa shape index (κ2) is 5.61. The summed E-state index contributed by atoms with van der Waals surface area (Å²) in [7, 11) is 0. The predicted molar refractivity (Wildman–Crippen MR) is 57.1 cm³/mol. The van der Waals surface area contributed by atoms with Crippen molar-refractivity contribution in [3.8, 4) is 11.9 Å². The average molecular weight is 255 g/mol. The fourth-order valence-electron chi connectivity index (χ4n) is 0.935. The minimum Gasteiger partial charge on any atom is -0.477 e. The molecule has 0 saturated heterocycles. The third-order valence-electron chi connectivity index (χ3n) is 1.67. The van der Waals surface area contributed by atoms with Gasteiger partial charge in [-0.15, -0.1) is 0 Å². The lowest BCUT2D eigenvalue weighted by Gasteiger charge is -2.05. The Labute approximate surface area is 91.8 Å². The largest absolute Gasteiger partial charge is 0.477 e. The van der Waals surface area contributed by atoms with Gasteiger partial charge < -0.3 is 4.74 Å². The third kappa shape index (κ3) is 3.00. The molecule has 0 aliphatic heterocycles. The summed E-state index contributed by atoms with van der Waals surface area (Å²) in [5, 5.41) is 8.81. The molecule has 0 saturated carbocycles. The van der Waals surface area contributed by atoms with Crippen LogP contribution in [0.2, 0.25) is 0 Å². The van der Waals surface area contributed by atoms with Gasteiger partial charge in [-0.2, -0.15) is 5.26 Å². The maximum atomic E-state index is 8.81. The molecule has 3 nitrogen and oxygen atoms in total. The number of nitriles is 1. The van der Waals surface area contributed by atoms with Crippen molar-refractivity contribution < 1.29 is 4.74 Å². The zero-order chi connectivity index (χ0) is 10.4. The van der Waals surface area contributed by atoms with Crippen molar-refractivity contribution in [1.29, 1.82) is 5.26 Å². The Kier molecular flexibility index (Phi) is 4.41. The zero-order valence-electron chi connectivity index (χ0n) is 7.96. The topological polar surface area (TPSA) is 45.9 Å². The first-order valence-electron chi connectivity index (χ1n) is 4.46. The summed E-state index contributed by atoms with van der Waals surface area (Å²) in [6, 6.07) is 3.75. The van der Waals surface area contributed by atoms with E-state index in [0.717, 1.165) is 17.3 Å². The summed E-state index contributed by atoms with van der Waals surface area (Å²) in [5.74, 6) is 0.421. The van der Waals surface area contributed by atoms with Crippen LogP contribution in [0.4, 0.5) is 0 Å². The highest BCUT2D eigenvalue weighted by Crippen LogP contribution is 2.19. The summed E-state index contributed by atoms with van der Waals surface area (Å²) in [6.07, 6.45) is 3.67. The van der Waals surface area contributed by atoms with Gasteiger partial charge in [0.15, 0.2) is 0 Å². The monoisotopic (exact) mass is 254 g/mol. The van der Waals surface area contributed by atoms with Gasteiger partial charge in [0.1, 0.15) is 11.6 Å². The van der Waals surface area contributed by atoms with Crippen LogP contribution in [-0.4, -0.2) is 11.6 Å². The van der Waals surface area contributed by atoms with Crippen molar-refractivity contribution in [3.05, 3.63) is 22.3 Å². The summed E-state index contributed by atoms with van der Waals surface area (Å²) in [4.78, 5) is 4.03. The van der Waals surface area contributed by atoms with Gasteiger partial charge in [0.25, 0.3) is 0 Å². The van der Waals surface area contributed by atoms with Crippen LogP contribution in [-0.2, 0) is 0 Å². The average Bonchev–Trinajstić information content (AvgIpc) is 2.20. The molecule has 14 heavy (non-hydrogen) atoms. The summed E-state index contributed by atoms with van der Waals surface area (Å²) < 4.78 is 6.16. The lowest BCUT2D eigenvalue weighted by atomic mass is 10.3. The van der Waals surface area contributed by atoms with Gasteiger partial charge in [-0.25, -0.2) is 4.98 Å². The maximum absolute atomic E-state index is 8.81. The fourth-order valence-corrected chi connectivity index (χ4v) is 1.27. The van der Waals surface area contributed by atoms with E-state index in [9.17, 15) is 0 Å². The SMILES string of the molecule is CCCCOc1ncc(Br)cc1C#N.